The van der Waals surface area contributed by atoms with Crippen molar-refractivity contribution in [2.45, 2.75) is 13.5 Å². The van der Waals surface area contributed by atoms with Crippen molar-refractivity contribution in [2.75, 3.05) is 20.3 Å². The molecule has 0 aliphatic heterocycles. The Bertz CT molecular complexity index is 240. The number of methoxy groups -OCH3 is 1. The highest BCUT2D eigenvalue weighted by Crippen LogP contribution is 2.07. The van der Waals surface area contributed by atoms with Gasteiger partial charge in [0.25, 0.3) is 0 Å². The normalized spacial score (nSPS) is 10.6. The van der Waals surface area contributed by atoms with E-state index < -0.39 is 0 Å². The number of rotatable bonds is 6. The van der Waals surface area contributed by atoms with Crippen LogP contribution in [0.25, 0.3) is 0 Å². The van der Waals surface area contributed by atoms with Gasteiger partial charge in [0.05, 0.1) is 19.8 Å². The number of nitrogens with one attached hydrogen (secondary N) is 1. The summed E-state index contributed by atoms with van der Waals surface area (Å²) < 4.78 is 4.82. The molecule has 0 spiro atoms. The summed E-state index contributed by atoms with van der Waals surface area (Å²) in [4.78, 5) is 9.35. The third-order valence-electron chi connectivity index (χ3n) is 1.38. The molecule has 0 aliphatic carbocycles. The van der Waals surface area contributed by atoms with E-state index in [1.54, 1.807) is 18.4 Å². The maximum absolute atomic E-state index is 5.08. The molecule has 0 fully saturated rings. The monoisotopic (exact) mass is 202 g/mol. The first-order chi connectivity index (χ1) is 6.33. The van der Waals surface area contributed by atoms with E-state index in [4.69, 9.17) is 9.57 Å². The lowest BCUT2D eigenvalue weighted by molar-refractivity contribution is 0.00343. The second-order valence-electron chi connectivity index (χ2n) is 2.55. The lowest BCUT2D eigenvalue weighted by Crippen LogP contribution is -2.16. The van der Waals surface area contributed by atoms with Crippen molar-refractivity contribution in [3.63, 3.8) is 0 Å². The Labute approximate surface area is 81.8 Å². The molecule has 1 aromatic rings. The number of hydroxylamine groups is 1. The molecule has 0 saturated carbocycles. The second kappa shape index (κ2) is 6.04. The van der Waals surface area contributed by atoms with Gasteiger partial charge < -0.3 is 4.74 Å². The van der Waals surface area contributed by atoms with E-state index in [1.165, 1.54) is 0 Å². The average Bonchev–Trinajstić information content (AvgIpc) is 2.51. The van der Waals surface area contributed by atoms with Crippen LogP contribution in [0.3, 0.4) is 0 Å². The second-order valence-corrected chi connectivity index (χ2v) is 3.49. The van der Waals surface area contributed by atoms with Crippen LogP contribution in [0.4, 0.5) is 0 Å². The molecule has 0 radical (unpaired) electrons. The van der Waals surface area contributed by atoms with Gasteiger partial charge in [-0.2, -0.15) is 5.48 Å². The summed E-state index contributed by atoms with van der Waals surface area (Å²) >= 11 is 1.63. The minimum Gasteiger partial charge on any atom is -0.382 e. The van der Waals surface area contributed by atoms with Crippen LogP contribution in [0.1, 0.15) is 10.7 Å². The fraction of sp³-hybridized carbons (Fsp3) is 0.625. The van der Waals surface area contributed by atoms with Crippen LogP contribution >= 0.6 is 11.3 Å². The van der Waals surface area contributed by atoms with Crippen molar-refractivity contribution in [1.82, 2.24) is 10.5 Å². The highest BCUT2D eigenvalue weighted by Gasteiger charge is 1.96. The average molecular weight is 202 g/mol. The molecule has 13 heavy (non-hydrogen) atoms. The molecular weight excluding hydrogens is 188 g/mol. The van der Waals surface area contributed by atoms with Crippen LogP contribution < -0.4 is 5.48 Å². The Balaban J connectivity index is 2.06. The van der Waals surface area contributed by atoms with Gasteiger partial charge in [0.15, 0.2) is 0 Å². The first kappa shape index (κ1) is 10.6. The Kier molecular flexibility index (Phi) is 4.92. The Morgan fingerprint density at radius 2 is 2.38 bits per heavy atom. The van der Waals surface area contributed by atoms with Gasteiger partial charge in [0.1, 0.15) is 5.01 Å². The molecule has 0 aromatic carbocycles. The quantitative estimate of drug-likeness (QED) is 0.554. The molecule has 1 aromatic heterocycles. The van der Waals surface area contributed by atoms with E-state index in [1.807, 2.05) is 12.3 Å². The van der Waals surface area contributed by atoms with Gasteiger partial charge in [-0.25, -0.2) is 4.98 Å². The number of thiazole rings is 1. The van der Waals surface area contributed by atoms with Crippen LogP contribution in [0.15, 0.2) is 5.38 Å². The molecule has 5 heteroatoms. The van der Waals surface area contributed by atoms with Crippen LogP contribution in [-0.4, -0.2) is 25.3 Å². The summed E-state index contributed by atoms with van der Waals surface area (Å²) in [6, 6.07) is 0. The standard InChI is InChI=1S/C8H14N2O2S/c1-7-6-13-8(10-7)5-9-12-4-3-11-2/h6,9H,3-5H2,1-2H3. The highest BCUT2D eigenvalue weighted by atomic mass is 32.1. The van der Waals surface area contributed by atoms with Crippen molar-refractivity contribution in [3.8, 4) is 0 Å². The number of hydrogen-bond donors (Lipinski definition) is 1. The van der Waals surface area contributed by atoms with Gasteiger partial charge >= 0.3 is 0 Å². The molecule has 0 amide bonds. The van der Waals surface area contributed by atoms with Crippen LogP contribution in [0.2, 0.25) is 0 Å². The highest BCUT2D eigenvalue weighted by molar-refractivity contribution is 7.09. The number of hydrogen-bond acceptors (Lipinski definition) is 5. The Morgan fingerprint density at radius 3 is 3.00 bits per heavy atom. The fourth-order valence-electron chi connectivity index (χ4n) is 0.794. The zero-order valence-electron chi connectivity index (χ0n) is 7.87. The van der Waals surface area contributed by atoms with E-state index in [0.717, 1.165) is 10.7 Å². The van der Waals surface area contributed by atoms with Gasteiger partial charge in [-0.15, -0.1) is 11.3 Å². The molecule has 74 valence electrons. The molecule has 0 aliphatic rings. The first-order valence-corrected chi connectivity index (χ1v) is 4.95. The van der Waals surface area contributed by atoms with Gasteiger partial charge in [0, 0.05) is 18.2 Å². The van der Waals surface area contributed by atoms with Gasteiger partial charge in [-0.05, 0) is 6.92 Å². The first-order valence-electron chi connectivity index (χ1n) is 4.07. The van der Waals surface area contributed by atoms with Crippen LogP contribution in [0, 0.1) is 6.92 Å². The Morgan fingerprint density at radius 1 is 1.54 bits per heavy atom. The number of nitrogens with zero attached hydrogens (tertiary/aromatic N) is 1. The largest absolute Gasteiger partial charge is 0.382 e. The van der Waals surface area contributed by atoms with Crippen molar-refractivity contribution in [1.29, 1.82) is 0 Å². The molecule has 1 N–H and O–H groups in total. The van der Waals surface area contributed by atoms with Gasteiger partial charge in [-0.1, -0.05) is 0 Å². The summed E-state index contributed by atoms with van der Waals surface area (Å²) in [7, 11) is 1.65. The Hall–Kier alpha value is -0.490. The van der Waals surface area contributed by atoms with Crippen LogP contribution in [-0.2, 0) is 16.1 Å². The fourth-order valence-corrected chi connectivity index (χ4v) is 1.49. The summed E-state index contributed by atoms with van der Waals surface area (Å²) in [5.74, 6) is 0. The summed E-state index contributed by atoms with van der Waals surface area (Å²) in [6.07, 6.45) is 0. The minimum absolute atomic E-state index is 0.556. The molecular formula is C8H14N2O2S. The topological polar surface area (TPSA) is 43.4 Å². The van der Waals surface area contributed by atoms with Crippen molar-refractivity contribution >= 4 is 11.3 Å². The molecule has 0 saturated heterocycles. The molecule has 0 unspecified atom stereocenters. The van der Waals surface area contributed by atoms with Gasteiger partial charge in [0.2, 0.25) is 0 Å². The number of aryl methyl sites for hydroxylation is 1. The SMILES string of the molecule is COCCONCc1nc(C)cs1. The third kappa shape index (κ3) is 4.33. The van der Waals surface area contributed by atoms with Crippen molar-refractivity contribution in [2.24, 2.45) is 0 Å². The molecule has 1 heterocycles. The van der Waals surface area contributed by atoms with E-state index in [-0.39, 0.29) is 0 Å². The lowest BCUT2D eigenvalue weighted by Gasteiger charge is -2.02. The minimum atomic E-state index is 0.556. The number of ether oxygens (including phenoxy) is 1. The van der Waals surface area contributed by atoms with Crippen LogP contribution in [0.5, 0.6) is 0 Å². The summed E-state index contributed by atoms with van der Waals surface area (Å²) in [6.45, 7) is 3.79. The molecule has 0 bridgehead atoms. The van der Waals surface area contributed by atoms with Crippen molar-refractivity contribution < 1.29 is 9.57 Å². The predicted molar refractivity (Wildman–Crippen MR) is 51.5 cm³/mol. The third-order valence-corrected chi connectivity index (χ3v) is 2.35. The van der Waals surface area contributed by atoms with E-state index in [9.17, 15) is 0 Å². The predicted octanol–water partition coefficient (Wildman–Crippen LogP) is 1.12. The maximum Gasteiger partial charge on any atom is 0.109 e. The maximum atomic E-state index is 5.08. The van der Waals surface area contributed by atoms with E-state index >= 15 is 0 Å². The van der Waals surface area contributed by atoms with E-state index in [0.29, 0.717) is 19.8 Å². The smallest absolute Gasteiger partial charge is 0.109 e. The zero-order valence-corrected chi connectivity index (χ0v) is 8.69. The molecule has 4 nitrogen and oxygen atoms in total. The summed E-state index contributed by atoms with van der Waals surface area (Å²) in [5, 5.41) is 3.06. The molecule has 0 atom stereocenters. The summed E-state index contributed by atoms with van der Waals surface area (Å²) in [5.41, 5.74) is 3.87. The van der Waals surface area contributed by atoms with Gasteiger partial charge in [-0.3, -0.25) is 4.84 Å². The zero-order chi connectivity index (χ0) is 9.52. The van der Waals surface area contributed by atoms with E-state index in [2.05, 4.69) is 10.5 Å². The lowest BCUT2D eigenvalue weighted by atomic mass is 10.6. The number of aromatic nitrogens is 1. The van der Waals surface area contributed by atoms with Crippen molar-refractivity contribution in [3.05, 3.63) is 16.1 Å². The molecule has 1 rings (SSSR count).